The molecule has 2 rings (SSSR count). The molecule has 0 aliphatic carbocycles. The molecule has 0 fully saturated rings. The number of hydrogen-bond donors (Lipinski definition) is 1. The number of ether oxygens (including phenoxy) is 2. The van der Waals surface area contributed by atoms with Crippen molar-refractivity contribution in [3.63, 3.8) is 0 Å². The first-order valence-electron chi connectivity index (χ1n) is 7.80. The van der Waals surface area contributed by atoms with E-state index in [-0.39, 0.29) is 17.3 Å². The largest absolute Gasteiger partial charge is 0.482 e. The molecule has 2 aromatic carbocycles. The van der Waals surface area contributed by atoms with E-state index in [1.807, 2.05) is 18.2 Å². The zero-order valence-electron chi connectivity index (χ0n) is 14.0. The fraction of sp³-hybridized carbons (Fsp3) is 0.278. The van der Waals surface area contributed by atoms with Crippen molar-refractivity contribution in [3.8, 4) is 11.5 Å². The Morgan fingerprint density at radius 1 is 1.12 bits per heavy atom. The van der Waals surface area contributed by atoms with E-state index in [0.717, 1.165) is 24.1 Å². The summed E-state index contributed by atoms with van der Waals surface area (Å²) in [4.78, 5) is 11.6. The SMILES string of the molecule is CCC(C)c1cccc(OCC(=O)Oc2ccc(S(=O)(=O)O)cc2)c1. The molecule has 1 atom stereocenters. The lowest BCUT2D eigenvalue weighted by Gasteiger charge is -2.11. The van der Waals surface area contributed by atoms with Gasteiger partial charge in [0, 0.05) is 0 Å². The molecular formula is C18H20O6S. The summed E-state index contributed by atoms with van der Waals surface area (Å²) in [5, 5.41) is 0. The molecule has 7 heteroatoms. The Kier molecular flexibility index (Phi) is 6.17. The third-order valence-corrected chi connectivity index (χ3v) is 4.62. The molecular weight excluding hydrogens is 344 g/mol. The number of carbonyl (C=O) groups is 1. The summed E-state index contributed by atoms with van der Waals surface area (Å²) in [6, 6.07) is 12.4. The van der Waals surface area contributed by atoms with Crippen molar-refractivity contribution in [2.75, 3.05) is 6.61 Å². The zero-order valence-corrected chi connectivity index (χ0v) is 14.8. The maximum absolute atomic E-state index is 11.8. The van der Waals surface area contributed by atoms with Gasteiger partial charge >= 0.3 is 5.97 Å². The molecule has 0 aromatic heterocycles. The molecule has 25 heavy (non-hydrogen) atoms. The van der Waals surface area contributed by atoms with E-state index in [0.29, 0.717) is 11.7 Å². The Morgan fingerprint density at radius 2 is 1.80 bits per heavy atom. The first-order valence-corrected chi connectivity index (χ1v) is 9.24. The van der Waals surface area contributed by atoms with Gasteiger partial charge in [-0.3, -0.25) is 4.55 Å². The molecule has 0 saturated carbocycles. The summed E-state index contributed by atoms with van der Waals surface area (Å²) in [6.07, 6.45) is 1.01. The highest BCUT2D eigenvalue weighted by atomic mass is 32.2. The van der Waals surface area contributed by atoms with Crippen molar-refractivity contribution < 1.29 is 27.2 Å². The van der Waals surface area contributed by atoms with Gasteiger partial charge in [-0.05, 0) is 54.3 Å². The number of esters is 1. The van der Waals surface area contributed by atoms with Gasteiger partial charge in [0.15, 0.2) is 6.61 Å². The summed E-state index contributed by atoms with van der Waals surface area (Å²) < 4.78 is 41.3. The molecule has 0 saturated heterocycles. The number of hydrogen-bond acceptors (Lipinski definition) is 5. The van der Waals surface area contributed by atoms with E-state index >= 15 is 0 Å². The van der Waals surface area contributed by atoms with Crippen molar-refractivity contribution in [1.29, 1.82) is 0 Å². The quantitative estimate of drug-likeness (QED) is 0.460. The van der Waals surface area contributed by atoms with Gasteiger partial charge in [-0.1, -0.05) is 26.0 Å². The van der Waals surface area contributed by atoms with Crippen LogP contribution in [0.3, 0.4) is 0 Å². The lowest BCUT2D eigenvalue weighted by atomic mass is 9.99. The lowest BCUT2D eigenvalue weighted by molar-refractivity contribution is -0.136. The fourth-order valence-electron chi connectivity index (χ4n) is 2.13. The Hall–Kier alpha value is -2.38. The molecule has 0 heterocycles. The van der Waals surface area contributed by atoms with Gasteiger partial charge in [0.1, 0.15) is 11.5 Å². The zero-order chi connectivity index (χ0) is 18.4. The van der Waals surface area contributed by atoms with Crippen LogP contribution >= 0.6 is 0 Å². The molecule has 134 valence electrons. The second-order valence-electron chi connectivity index (χ2n) is 5.59. The van der Waals surface area contributed by atoms with Crippen LogP contribution in [0, 0.1) is 0 Å². The van der Waals surface area contributed by atoms with Crippen LogP contribution < -0.4 is 9.47 Å². The molecule has 0 aliphatic rings. The minimum Gasteiger partial charge on any atom is -0.482 e. The van der Waals surface area contributed by atoms with Crippen LogP contribution in [-0.2, 0) is 14.9 Å². The summed E-state index contributed by atoms with van der Waals surface area (Å²) in [5.41, 5.74) is 1.13. The lowest BCUT2D eigenvalue weighted by Crippen LogP contribution is -2.17. The van der Waals surface area contributed by atoms with Crippen LogP contribution in [0.4, 0.5) is 0 Å². The Labute approximate surface area is 147 Å². The van der Waals surface area contributed by atoms with Crippen LogP contribution in [0.25, 0.3) is 0 Å². The second kappa shape index (κ2) is 8.13. The smallest absolute Gasteiger partial charge is 0.349 e. The highest BCUT2D eigenvalue weighted by molar-refractivity contribution is 7.85. The summed E-state index contributed by atoms with van der Waals surface area (Å²) in [5.74, 6) is 0.524. The predicted octanol–water partition coefficient (Wildman–Crippen LogP) is 3.43. The standard InChI is InChI=1S/C18H20O6S/c1-3-13(2)14-5-4-6-16(11-14)23-12-18(19)24-15-7-9-17(10-8-15)25(20,21)22/h4-11,13H,3,12H2,1-2H3,(H,20,21,22). The number of carbonyl (C=O) groups excluding carboxylic acids is 1. The molecule has 0 aliphatic heterocycles. The van der Waals surface area contributed by atoms with Gasteiger partial charge in [-0.15, -0.1) is 0 Å². The minimum atomic E-state index is -4.27. The summed E-state index contributed by atoms with van der Waals surface area (Å²) >= 11 is 0. The van der Waals surface area contributed by atoms with Gasteiger partial charge in [0.05, 0.1) is 4.90 Å². The molecule has 0 bridgehead atoms. The third-order valence-electron chi connectivity index (χ3n) is 3.75. The van der Waals surface area contributed by atoms with Crippen molar-refractivity contribution >= 4 is 16.1 Å². The molecule has 0 amide bonds. The van der Waals surface area contributed by atoms with E-state index in [9.17, 15) is 13.2 Å². The Morgan fingerprint density at radius 3 is 2.40 bits per heavy atom. The van der Waals surface area contributed by atoms with Gasteiger partial charge in [0.25, 0.3) is 10.1 Å². The van der Waals surface area contributed by atoms with E-state index < -0.39 is 16.1 Å². The maximum atomic E-state index is 11.8. The highest BCUT2D eigenvalue weighted by Gasteiger charge is 2.11. The van der Waals surface area contributed by atoms with Crippen LogP contribution in [0.5, 0.6) is 11.5 Å². The first-order chi connectivity index (χ1) is 11.8. The van der Waals surface area contributed by atoms with Crippen LogP contribution in [0.1, 0.15) is 31.7 Å². The van der Waals surface area contributed by atoms with Crippen molar-refractivity contribution in [2.24, 2.45) is 0 Å². The van der Waals surface area contributed by atoms with Gasteiger partial charge < -0.3 is 9.47 Å². The predicted molar refractivity (Wildman–Crippen MR) is 92.5 cm³/mol. The van der Waals surface area contributed by atoms with Crippen LogP contribution in [0.15, 0.2) is 53.4 Å². The molecule has 1 unspecified atom stereocenters. The second-order valence-corrected chi connectivity index (χ2v) is 7.01. The van der Waals surface area contributed by atoms with Crippen LogP contribution in [-0.4, -0.2) is 25.5 Å². The van der Waals surface area contributed by atoms with E-state index in [1.165, 1.54) is 12.1 Å². The fourth-order valence-corrected chi connectivity index (χ4v) is 2.61. The van der Waals surface area contributed by atoms with Crippen molar-refractivity contribution in [2.45, 2.75) is 31.1 Å². The van der Waals surface area contributed by atoms with E-state index in [4.69, 9.17) is 14.0 Å². The normalized spacial score (nSPS) is 12.4. The Bertz CT molecular complexity index is 827. The maximum Gasteiger partial charge on any atom is 0.349 e. The topological polar surface area (TPSA) is 89.9 Å². The van der Waals surface area contributed by atoms with Crippen molar-refractivity contribution in [3.05, 3.63) is 54.1 Å². The molecule has 6 nitrogen and oxygen atoms in total. The highest BCUT2D eigenvalue weighted by Crippen LogP contribution is 2.23. The average Bonchev–Trinajstić information content (AvgIpc) is 2.59. The summed E-state index contributed by atoms with van der Waals surface area (Å²) in [6.45, 7) is 3.94. The first kappa shape index (κ1) is 19.0. The number of benzene rings is 2. The molecule has 2 aromatic rings. The minimum absolute atomic E-state index is 0.161. The molecule has 0 radical (unpaired) electrons. The Balaban J connectivity index is 1.93. The van der Waals surface area contributed by atoms with Gasteiger partial charge in [0.2, 0.25) is 0 Å². The summed E-state index contributed by atoms with van der Waals surface area (Å²) in [7, 11) is -4.27. The average molecular weight is 364 g/mol. The third kappa shape index (κ3) is 5.58. The van der Waals surface area contributed by atoms with E-state index in [2.05, 4.69) is 13.8 Å². The molecule has 1 N–H and O–H groups in total. The van der Waals surface area contributed by atoms with Gasteiger partial charge in [-0.2, -0.15) is 8.42 Å². The van der Waals surface area contributed by atoms with Crippen molar-refractivity contribution in [1.82, 2.24) is 0 Å². The van der Waals surface area contributed by atoms with Gasteiger partial charge in [-0.25, -0.2) is 4.79 Å². The number of rotatable bonds is 7. The monoisotopic (exact) mass is 364 g/mol. The van der Waals surface area contributed by atoms with Crippen LogP contribution in [0.2, 0.25) is 0 Å². The van der Waals surface area contributed by atoms with E-state index in [1.54, 1.807) is 6.07 Å². The molecule has 0 spiro atoms.